The molecule has 1 N–H and O–H groups in total. The highest BCUT2D eigenvalue weighted by Gasteiger charge is 2.20. The molecule has 0 saturated heterocycles. The van der Waals surface area contributed by atoms with Gasteiger partial charge >= 0.3 is 5.69 Å². The summed E-state index contributed by atoms with van der Waals surface area (Å²) >= 11 is 0. The zero-order chi connectivity index (χ0) is 13.0. The summed E-state index contributed by atoms with van der Waals surface area (Å²) in [6.07, 6.45) is 5.18. The van der Waals surface area contributed by atoms with E-state index < -0.39 is 4.92 Å². The molecule has 2 rings (SSSR count). The third-order valence-electron chi connectivity index (χ3n) is 3.19. The first-order valence-corrected chi connectivity index (χ1v) is 6.27. The average Bonchev–Trinajstić information content (AvgIpc) is 3.18. The summed E-state index contributed by atoms with van der Waals surface area (Å²) in [6.45, 7) is 0.900. The molecule has 5 nitrogen and oxygen atoms in total. The first kappa shape index (κ1) is 12.7. The van der Waals surface area contributed by atoms with E-state index in [1.807, 2.05) is 0 Å². The van der Waals surface area contributed by atoms with Crippen LogP contribution in [0.1, 0.15) is 25.7 Å². The number of ether oxygens (including phenoxy) is 1. The molecular formula is C13H18N2O3. The molecule has 5 heteroatoms. The fourth-order valence-corrected chi connectivity index (χ4v) is 1.97. The molecule has 0 unspecified atom stereocenters. The second-order valence-electron chi connectivity index (χ2n) is 4.66. The Morgan fingerprint density at radius 2 is 2.28 bits per heavy atom. The molecule has 18 heavy (non-hydrogen) atoms. The van der Waals surface area contributed by atoms with Crippen LogP contribution in [0.15, 0.2) is 18.2 Å². The molecule has 1 aromatic carbocycles. The summed E-state index contributed by atoms with van der Waals surface area (Å²) in [4.78, 5) is 10.3. The maximum atomic E-state index is 10.7. The van der Waals surface area contributed by atoms with Crippen LogP contribution in [0.5, 0.6) is 5.75 Å². The van der Waals surface area contributed by atoms with Crippen LogP contribution in [0.25, 0.3) is 0 Å². The van der Waals surface area contributed by atoms with Crippen molar-refractivity contribution >= 4 is 11.4 Å². The summed E-state index contributed by atoms with van der Waals surface area (Å²) in [6, 6.07) is 4.87. The van der Waals surface area contributed by atoms with E-state index in [4.69, 9.17) is 4.74 Å². The first-order valence-electron chi connectivity index (χ1n) is 6.27. The fraction of sp³-hybridized carbons (Fsp3) is 0.538. The van der Waals surface area contributed by atoms with E-state index in [0.717, 1.165) is 24.6 Å². The average molecular weight is 250 g/mol. The largest absolute Gasteiger partial charge is 0.490 e. The molecule has 0 radical (unpaired) electrons. The van der Waals surface area contributed by atoms with Crippen LogP contribution in [0.2, 0.25) is 0 Å². The lowest BCUT2D eigenvalue weighted by molar-refractivity contribution is -0.385. The molecule has 0 aromatic heterocycles. The molecule has 0 amide bonds. The number of hydrogen-bond donors (Lipinski definition) is 1. The molecule has 1 fully saturated rings. The molecule has 1 saturated carbocycles. The van der Waals surface area contributed by atoms with Crippen molar-refractivity contribution in [2.45, 2.75) is 25.7 Å². The predicted octanol–water partition coefficient (Wildman–Crippen LogP) is 3.21. The van der Waals surface area contributed by atoms with E-state index in [2.05, 4.69) is 5.32 Å². The van der Waals surface area contributed by atoms with Gasteiger partial charge in [0, 0.05) is 24.4 Å². The van der Waals surface area contributed by atoms with Crippen LogP contribution < -0.4 is 10.1 Å². The molecular weight excluding hydrogens is 232 g/mol. The number of hydrogen-bond acceptors (Lipinski definition) is 4. The van der Waals surface area contributed by atoms with E-state index in [1.165, 1.54) is 32.4 Å². The number of nitro benzene ring substituents is 1. The van der Waals surface area contributed by atoms with E-state index in [-0.39, 0.29) is 5.69 Å². The third kappa shape index (κ3) is 3.35. The SMILES string of the molecule is COc1cc(NCCCC2CC2)ccc1[N+](=O)[O-]. The predicted molar refractivity (Wildman–Crippen MR) is 70.1 cm³/mol. The molecule has 98 valence electrons. The van der Waals surface area contributed by atoms with E-state index in [1.54, 1.807) is 12.1 Å². The highest BCUT2D eigenvalue weighted by Crippen LogP contribution is 2.33. The quantitative estimate of drug-likeness (QED) is 0.458. The van der Waals surface area contributed by atoms with Gasteiger partial charge in [-0.1, -0.05) is 12.8 Å². The van der Waals surface area contributed by atoms with Crippen molar-refractivity contribution in [1.82, 2.24) is 0 Å². The Kier molecular flexibility index (Phi) is 4.02. The Labute approximate surface area is 106 Å². The van der Waals surface area contributed by atoms with Crippen molar-refractivity contribution in [2.75, 3.05) is 19.0 Å². The van der Waals surface area contributed by atoms with Crippen molar-refractivity contribution in [3.05, 3.63) is 28.3 Å². The molecule has 0 atom stereocenters. The lowest BCUT2D eigenvalue weighted by Gasteiger charge is -2.08. The minimum Gasteiger partial charge on any atom is -0.490 e. The van der Waals surface area contributed by atoms with E-state index in [0.29, 0.717) is 5.75 Å². The van der Waals surface area contributed by atoms with Crippen molar-refractivity contribution in [3.8, 4) is 5.75 Å². The van der Waals surface area contributed by atoms with Crippen LogP contribution in [0, 0.1) is 16.0 Å². The molecule has 0 heterocycles. The van der Waals surface area contributed by atoms with Crippen molar-refractivity contribution in [2.24, 2.45) is 5.92 Å². The molecule has 1 aliphatic carbocycles. The third-order valence-corrected chi connectivity index (χ3v) is 3.19. The summed E-state index contributed by atoms with van der Waals surface area (Å²) in [5.74, 6) is 1.24. The highest BCUT2D eigenvalue weighted by molar-refractivity contribution is 5.57. The summed E-state index contributed by atoms with van der Waals surface area (Å²) in [5, 5.41) is 14.0. The van der Waals surface area contributed by atoms with Crippen LogP contribution in [-0.4, -0.2) is 18.6 Å². The van der Waals surface area contributed by atoms with Crippen LogP contribution in [-0.2, 0) is 0 Å². The Morgan fingerprint density at radius 3 is 2.89 bits per heavy atom. The maximum Gasteiger partial charge on any atom is 0.311 e. The summed E-state index contributed by atoms with van der Waals surface area (Å²) in [7, 11) is 1.44. The summed E-state index contributed by atoms with van der Waals surface area (Å²) in [5.41, 5.74) is 0.870. The lowest BCUT2D eigenvalue weighted by atomic mass is 10.2. The first-order chi connectivity index (χ1) is 8.70. The highest BCUT2D eigenvalue weighted by atomic mass is 16.6. The zero-order valence-corrected chi connectivity index (χ0v) is 10.5. The number of anilines is 1. The molecule has 1 aromatic rings. The molecule has 0 spiro atoms. The van der Waals surface area contributed by atoms with Gasteiger partial charge in [-0.25, -0.2) is 0 Å². The number of nitrogens with zero attached hydrogens (tertiary/aromatic N) is 1. The van der Waals surface area contributed by atoms with E-state index >= 15 is 0 Å². The number of benzene rings is 1. The topological polar surface area (TPSA) is 64.4 Å². The number of nitrogens with one attached hydrogen (secondary N) is 1. The van der Waals surface area contributed by atoms with Gasteiger partial charge in [0.05, 0.1) is 12.0 Å². The van der Waals surface area contributed by atoms with Crippen molar-refractivity contribution < 1.29 is 9.66 Å². The monoisotopic (exact) mass is 250 g/mol. The Morgan fingerprint density at radius 1 is 1.50 bits per heavy atom. The molecule has 0 bridgehead atoms. The zero-order valence-electron chi connectivity index (χ0n) is 10.5. The smallest absolute Gasteiger partial charge is 0.311 e. The van der Waals surface area contributed by atoms with Crippen LogP contribution >= 0.6 is 0 Å². The van der Waals surface area contributed by atoms with Crippen molar-refractivity contribution in [3.63, 3.8) is 0 Å². The number of methoxy groups -OCH3 is 1. The van der Waals surface area contributed by atoms with Gasteiger partial charge in [0.2, 0.25) is 0 Å². The van der Waals surface area contributed by atoms with Gasteiger partial charge in [-0.3, -0.25) is 10.1 Å². The molecule has 1 aliphatic rings. The van der Waals surface area contributed by atoms with Gasteiger partial charge in [0.1, 0.15) is 0 Å². The van der Waals surface area contributed by atoms with E-state index in [9.17, 15) is 10.1 Å². The second-order valence-corrected chi connectivity index (χ2v) is 4.66. The minimum atomic E-state index is -0.435. The summed E-state index contributed by atoms with van der Waals surface area (Å²) < 4.78 is 5.02. The van der Waals surface area contributed by atoms with Gasteiger partial charge in [0.25, 0.3) is 0 Å². The fourth-order valence-electron chi connectivity index (χ4n) is 1.97. The molecule has 0 aliphatic heterocycles. The Balaban J connectivity index is 1.89. The maximum absolute atomic E-state index is 10.7. The Hall–Kier alpha value is -1.78. The normalized spacial score (nSPS) is 14.3. The Bertz CT molecular complexity index is 430. The van der Waals surface area contributed by atoms with Gasteiger partial charge in [-0.2, -0.15) is 0 Å². The van der Waals surface area contributed by atoms with Gasteiger partial charge in [-0.15, -0.1) is 0 Å². The van der Waals surface area contributed by atoms with Gasteiger partial charge in [0.15, 0.2) is 5.75 Å². The minimum absolute atomic E-state index is 0.000954. The number of nitro groups is 1. The van der Waals surface area contributed by atoms with Crippen molar-refractivity contribution in [1.29, 1.82) is 0 Å². The standard InChI is InChI=1S/C13H18N2O3/c1-18-13-9-11(6-7-12(13)15(16)17)14-8-2-3-10-4-5-10/h6-7,9-10,14H,2-5,8H2,1H3. The van der Waals surface area contributed by atoms with Crippen LogP contribution in [0.4, 0.5) is 11.4 Å². The van der Waals surface area contributed by atoms with Gasteiger partial charge in [-0.05, 0) is 24.8 Å². The second kappa shape index (κ2) is 5.71. The number of rotatable bonds is 7. The van der Waals surface area contributed by atoms with Gasteiger partial charge < -0.3 is 10.1 Å². The van der Waals surface area contributed by atoms with Crippen LogP contribution in [0.3, 0.4) is 0 Å². The lowest BCUT2D eigenvalue weighted by Crippen LogP contribution is -2.02.